The second-order valence-electron chi connectivity index (χ2n) is 6.01. The van der Waals surface area contributed by atoms with Gasteiger partial charge in [-0.05, 0) is 48.1 Å². The molecule has 2 N–H and O–H groups in total. The van der Waals surface area contributed by atoms with E-state index < -0.39 is 0 Å². The summed E-state index contributed by atoms with van der Waals surface area (Å²) >= 11 is 0. The second-order valence-corrected chi connectivity index (χ2v) is 6.01. The number of aryl methyl sites for hydroxylation is 1. The van der Waals surface area contributed by atoms with E-state index in [1.165, 1.54) is 28.8 Å². The van der Waals surface area contributed by atoms with E-state index >= 15 is 0 Å². The fraction of sp³-hybridized carbons (Fsp3) is 0.333. The number of nitrogens with zero attached hydrogens (tertiary/aromatic N) is 1. The molecule has 1 aliphatic rings. The van der Waals surface area contributed by atoms with Crippen LogP contribution in [0.5, 0.6) is 0 Å². The fourth-order valence-corrected chi connectivity index (χ4v) is 3.11. The van der Waals surface area contributed by atoms with Gasteiger partial charge >= 0.3 is 0 Å². The van der Waals surface area contributed by atoms with Crippen LogP contribution in [-0.4, -0.2) is 6.54 Å². The van der Waals surface area contributed by atoms with Crippen LogP contribution in [0.15, 0.2) is 42.5 Å². The highest BCUT2D eigenvalue weighted by Crippen LogP contribution is 2.30. The normalized spacial score (nSPS) is 17.9. The van der Waals surface area contributed by atoms with Crippen LogP contribution in [0.4, 0.5) is 11.4 Å². The average molecular weight is 266 g/mol. The van der Waals surface area contributed by atoms with Gasteiger partial charge in [0.25, 0.3) is 0 Å². The third kappa shape index (κ3) is 2.51. The Kier molecular flexibility index (Phi) is 3.39. The number of nitrogens with two attached hydrogens (primary N) is 1. The van der Waals surface area contributed by atoms with E-state index in [1.54, 1.807) is 0 Å². The van der Waals surface area contributed by atoms with Gasteiger partial charge in [0.05, 0.1) is 0 Å². The second kappa shape index (κ2) is 5.20. The maximum Gasteiger partial charge on any atom is 0.0429 e. The number of benzene rings is 2. The van der Waals surface area contributed by atoms with Gasteiger partial charge in [0.1, 0.15) is 0 Å². The van der Waals surface area contributed by atoms with Crippen LogP contribution < -0.4 is 10.6 Å². The smallest absolute Gasteiger partial charge is 0.0429 e. The molecule has 1 atom stereocenters. The van der Waals surface area contributed by atoms with E-state index in [2.05, 4.69) is 55.1 Å². The molecule has 20 heavy (non-hydrogen) atoms. The Morgan fingerprint density at radius 3 is 2.80 bits per heavy atom. The highest BCUT2D eigenvalue weighted by atomic mass is 15.1. The summed E-state index contributed by atoms with van der Waals surface area (Å²) in [4.78, 5) is 2.49. The lowest BCUT2D eigenvalue weighted by Gasteiger charge is -2.35. The van der Waals surface area contributed by atoms with Crippen molar-refractivity contribution in [2.75, 3.05) is 17.2 Å². The number of rotatable bonds is 2. The first-order chi connectivity index (χ1) is 9.63. The van der Waals surface area contributed by atoms with E-state index in [-0.39, 0.29) is 0 Å². The van der Waals surface area contributed by atoms with Gasteiger partial charge in [-0.3, -0.25) is 0 Å². The summed E-state index contributed by atoms with van der Waals surface area (Å²) < 4.78 is 0. The Morgan fingerprint density at radius 1 is 1.20 bits per heavy atom. The highest BCUT2D eigenvalue weighted by Gasteiger charge is 2.21. The first-order valence-electron chi connectivity index (χ1n) is 7.31. The molecule has 2 aromatic carbocycles. The van der Waals surface area contributed by atoms with Crippen molar-refractivity contribution in [1.82, 2.24) is 0 Å². The Morgan fingerprint density at radius 2 is 2.00 bits per heavy atom. The van der Waals surface area contributed by atoms with Crippen molar-refractivity contribution in [3.63, 3.8) is 0 Å². The molecule has 2 nitrogen and oxygen atoms in total. The van der Waals surface area contributed by atoms with Gasteiger partial charge in [-0.1, -0.05) is 37.3 Å². The van der Waals surface area contributed by atoms with Crippen LogP contribution >= 0.6 is 0 Å². The molecule has 2 aromatic rings. The van der Waals surface area contributed by atoms with Gasteiger partial charge in [0.2, 0.25) is 0 Å². The Hall–Kier alpha value is -1.96. The zero-order valence-corrected chi connectivity index (χ0v) is 12.3. The molecule has 0 amide bonds. The van der Waals surface area contributed by atoms with Crippen molar-refractivity contribution in [1.29, 1.82) is 0 Å². The summed E-state index contributed by atoms with van der Waals surface area (Å²) in [6.45, 7) is 6.49. The molecule has 2 heteroatoms. The number of hydrogen-bond donors (Lipinski definition) is 1. The SMILES string of the molecule is Cc1cc(CN2CC(C)Cc3ccccc32)ccc1N. The highest BCUT2D eigenvalue weighted by molar-refractivity contribution is 5.56. The molecule has 0 bridgehead atoms. The van der Waals surface area contributed by atoms with Gasteiger partial charge in [-0.2, -0.15) is 0 Å². The standard InChI is InChI=1S/C18H22N2/c1-13-9-16-5-3-4-6-18(16)20(11-13)12-15-7-8-17(19)14(2)10-15/h3-8,10,13H,9,11-12,19H2,1-2H3. The van der Waals surface area contributed by atoms with Crippen molar-refractivity contribution in [2.24, 2.45) is 5.92 Å². The molecular formula is C18H22N2. The van der Waals surface area contributed by atoms with Crippen LogP contribution in [0.1, 0.15) is 23.6 Å². The molecule has 0 saturated carbocycles. The summed E-state index contributed by atoms with van der Waals surface area (Å²) in [5.74, 6) is 0.708. The van der Waals surface area contributed by atoms with Crippen molar-refractivity contribution in [3.8, 4) is 0 Å². The third-order valence-electron chi connectivity index (χ3n) is 4.14. The number of anilines is 2. The van der Waals surface area contributed by atoms with Crippen molar-refractivity contribution < 1.29 is 0 Å². The molecule has 0 aromatic heterocycles. The monoisotopic (exact) mass is 266 g/mol. The maximum absolute atomic E-state index is 5.91. The van der Waals surface area contributed by atoms with Crippen molar-refractivity contribution in [3.05, 3.63) is 59.2 Å². The van der Waals surface area contributed by atoms with Gasteiger partial charge in [0, 0.05) is 24.5 Å². The summed E-state index contributed by atoms with van der Waals surface area (Å²) in [6, 6.07) is 15.1. The van der Waals surface area contributed by atoms with Crippen LogP contribution in [0, 0.1) is 12.8 Å². The maximum atomic E-state index is 5.91. The van der Waals surface area contributed by atoms with Crippen LogP contribution in [0.3, 0.4) is 0 Å². The molecule has 0 fully saturated rings. The quantitative estimate of drug-likeness (QED) is 0.838. The topological polar surface area (TPSA) is 29.3 Å². The Balaban J connectivity index is 1.89. The van der Waals surface area contributed by atoms with E-state index in [4.69, 9.17) is 5.73 Å². The van der Waals surface area contributed by atoms with Crippen LogP contribution in [0.25, 0.3) is 0 Å². The number of para-hydroxylation sites is 1. The zero-order chi connectivity index (χ0) is 14.1. The van der Waals surface area contributed by atoms with Gasteiger partial charge in [-0.25, -0.2) is 0 Å². The van der Waals surface area contributed by atoms with E-state index in [9.17, 15) is 0 Å². The largest absolute Gasteiger partial charge is 0.399 e. The Bertz CT molecular complexity index is 619. The average Bonchev–Trinajstić information content (AvgIpc) is 2.43. The minimum atomic E-state index is 0.708. The number of fused-ring (bicyclic) bond motifs is 1. The number of nitrogen functional groups attached to an aromatic ring is 1. The molecule has 0 aliphatic carbocycles. The number of hydrogen-bond acceptors (Lipinski definition) is 2. The molecule has 1 unspecified atom stereocenters. The molecule has 1 heterocycles. The molecule has 0 radical (unpaired) electrons. The summed E-state index contributed by atoms with van der Waals surface area (Å²) in [5.41, 5.74) is 12.1. The first kappa shape index (κ1) is 13.0. The minimum Gasteiger partial charge on any atom is -0.399 e. The fourth-order valence-electron chi connectivity index (χ4n) is 3.11. The summed E-state index contributed by atoms with van der Waals surface area (Å²) in [7, 11) is 0. The summed E-state index contributed by atoms with van der Waals surface area (Å²) in [6.07, 6.45) is 1.19. The van der Waals surface area contributed by atoms with E-state index in [0.717, 1.165) is 18.8 Å². The molecule has 1 aliphatic heterocycles. The minimum absolute atomic E-state index is 0.708. The van der Waals surface area contributed by atoms with Crippen LogP contribution in [-0.2, 0) is 13.0 Å². The molecule has 0 saturated heterocycles. The van der Waals surface area contributed by atoms with Crippen molar-refractivity contribution >= 4 is 11.4 Å². The Labute approximate surface area is 121 Å². The molecular weight excluding hydrogens is 244 g/mol. The van der Waals surface area contributed by atoms with Crippen LogP contribution in [0.2, 0.25) is 0 Å². The zero-order valence-electron chi connectivity index (χ0n) is 12.3. The van der Waals surface area contributed by atoms with E-state index in [1.807, 2.05) is 6.07 Å². The molecule has 0 spiro atoms. The van der Waals surface area contributed by atoms with Crippen molar-refractivity contribution in [2.45, 2.75) is 26.8 Å². The van der Waals surface area contributed by atoms with Gasteiger partial charge in [-0.15, -0.1) is 0 Å². The van der Waals surface area contributed by atoms with E-state index in [0.29, 0.717) is 5.92 Å². The lowest BCUT2D eigenvalue weighted by molar-refractivity contribution is 0.530. The third-order valence-corrected chi connectivity index (χ3v) is 4.14. The predicted octanol–water partition coefficient (Wildman–Crippen LogP) is 3.78. The summed E-state index contributed by atoms with van der Waals surface area (Å²) in [5, 5.41) is 0. The predicted molar refractivity (Wildman–Crippen MR) is 86.0 cm³/mol. The van der Waals surface area contributed by atoms with Gasteiger partial charge in [0.15, 0.2) is 0 Å². The van der Waals surface area contributed by atoms with Gasteiger partial charge < -0.3 is 10.6 Å². The molecule has 3 rings (SSSR count). The lowest BCUT2D eigenvalue weighted by atomic mass is 9.93. The molecule has 104 valence electrons. The first-order valence-corrected chi connectivity index (χ1v) is 7.31. The lowest BCUT2D eigenvalue weighted by Crippen LogP contribution is -2.33.